The van der Waals surface area contributed by atoms with Gasteiger partial charge < -0.3 is 19.3 Å². The Kier molecular flexibility index (Phi) is 18.8. The topological polar surface area (TPSA) is 97.2 Å². The highest BCUT2D eigenvalue weighted by atomic mass is 35.5. The Morgan fingerprint density at radius 1 is 0.742 bits per heavy atom. The minimum atomic E-state index is -4.34. The number of pyridine rings is 2. The summed E-state index contributed by atoms with van der Waals surface area (Å²) in [5.41, 5.74) is 1.91. The van der Waals surface area contributed by atoms with E-state index in [1.165, 1.54) is 38.4 Å². The summed E-state index contributed by atoms with van der Waals surface area (Å²) in [6.45, 7) is 1.54. The van der Waals surface area contributed by atoms with Gasteiger partial charge in [0.25, 0.3) is 0 Å². The summed E-state index contributed by atoms with van der Waals surface area (Å²) >= 11 is 6.01. The van der Waals surface area contributed by atoms with Gasteiger partial charge in [-0.15, -0.1) is 0 Å². The molecule has 0 spiro atoms. The summed E-state index contributed by atoms with van der Waals surface area (Å²) in [5, 5.41) is 7.62. The molecular formula is C42H47ClF10N4O5. The second-order valence-corrected chi connectivity index (χ2v) is 14.5. The van der Waals surface area contributed by atoms with Gasteiger partial charge in [0.05, 0.1) is 19.7 Å². The molecule has 2 unspecified atom stereocenters. The van der Waals surface area contributed by atoms with E-state index in [2.05, 4.69) is 9.97 Å². The summed E-state index contributed by atoms with van der Waals surface area (Å²) < 4.78 is 147. The van der Waals surface area contributed by atoms with Gasteiger partial charge in [-0.05, 0) is 101 Å². The molecule has 0 fully saturated rings. The van der Waals surface area contributed by atoms with Crippen molar-refractivity contribution >= 4 is 17.6 Å². The first-order valence-electron chi connectivity index (χ1n) is 18.9. The van der Waals surface area contributed by atoms with E-state index >= 15 is 0 Å². The number of aliphatic hydroxyl groups excluding tert-OH is 1. The van der Waals surface area contributed by atoms with Crippen LogP contribution in [0.4, 0.5) is 43.9 Å². The quantitative estimate of drug-likeness (QED) is 0.0948. The van der Waals surface area contributed by atoms with E-state index in [1.807, 2.05) is 0 Å². The van der Waals surface area contributed by atoms with E-state index in [9.17, 15) is 48.7 Å². The van der Waals surface area contributed by atoms with Gasteiger partial charge in [0.2, 0.25) is 11.8 Å². The Labute approximate surface area is 357 Å². The average molecular weight is 913 g/mol. The number of hydrogen-bond donors (Lipinski definition) is 1. The molecule has 4 heterocycles. The molecule has 2 aromatic carbocycles. The van der Waals surface area contributed by atoms with Gasteiger partial charge in [0, 0.05) is 54.1 Å². The highest BCUT2D eigenvalue weighted by molar-refractivity contribution is 6.29. The van der Waals surface area contributed by atoms with E-state index in [0.717, 1.165) is 34.1 Å². The Morgan fingerprint density at radius 3 is 1.56 bits per heavy atom. The lowest BCUT2D eigenvalue weighted by Gasteiger charge is -2.30. The molecule has 0 radical (unpaired) electrons. The Hall–Kier alpha value is -4.72. The van der Waals surface area contributed by atoms with Crippen LogP contribution < -0.4 is 9.47 Å². The number of likely N-dealkylation sites (N-methyl/N-ethyl adjacent to an activating group) is 2. The van der Waals surface area contributed by atoms with E-state index in [1.54, 1.807) is 13.8 Å². The lowest BCUT2D eigenvalue weighted by atomic mass is 9.94. The molecule has 6 rings (SSSR count). The summed E-state index contributed by atoms with van der Waals surface area (Å²) in [7, 11) is 2.69. The molecule has 4 aromatic rings. The van der Waals surface area contributed by atoms with Crippen molar-refractivity contribution in [3.63, 3.8) is 0 Å². The number of rotatable bonds is 10. The van der Waals surface area contributed by atoms with E-state index < -0.39 is 66.9 Å². The monoisotopic (exact) mass is 912 g/mol. The van der Waals surface area contributed by atoms with Crippen LogP contribution in [0.15, 0.2) is 48.5 Å². The highest BCUT2D eigenvalue weighted by Crippen LogP contribution is 2.39. The smallest absolute Gasteiger partial charge is 0.401 e. The summed E-state index contributed by atoms with van der Waals surface area (Å²) in [6, 6.07) is 9.10. The zero-order valence-corrected chi connectivity index (χ0v) is 34.1. The predicted octanol–water partition coefficient (Wildman–Crippen LogP) is 9.89. The Balaban J connectivity index is 0.000000308. The van der Waals surface area contributed by atoms with Crippen LogP contribution in [0.3, 0.4) is 0 Å². The number of aliphatic hydroxyl groups is 1. The third-order valence-corrected chi connectivity index (χ3v) is 9.18. The SMILES string of the molecule is C.CCO.CCOC(=O)c1cc(-c2ccc(F)cc2F)c2c(n1)OC(CN(C)CC(F)(F)F)CC2.CN(CC1CCc2c(-c3ccc(F)cc3F)cc(Cl)nc2O1)CC(F)(F)F. The van der Waals surface area contributed by atoms with Crippen LogP contribution in [-0.4, -0.2) is 109 Å². The summed E-state index contributed by atoms with van der Waals surface area (Å²) in [4.78, 5) is 22.7. The van der Waals surface area contributed by atoms with Crippen molar-refractivity contribution in [3.05, 3.63) is 93.8 Å². The first kappa shape index (κ1) is 51.6. The molecule has 20 heteroatoms. The second kappa shape index (κ2) is 22.6. The van der Waals surface area contributed by atoms with Crippen LogP contribution in [0.25, 0.3) is 22.3 Å². The molecule has 2 aliphatic rings. The first-order valence-corrected chi connectivity index (χ1v) is 19.2. The fourth-order valence-electron chi connectivity index (χ4n) is 6.69. The lowest BCUT2D eigenvalue weighted by Crippen LogP contribution is -2.40. The van der Waals surface area contributed by atoms with Crippen LogP contribution >= 0.6 is 11.6 Å². The van der Waals surface area contributed by atoms with Gasteiger partial charge in [0.1, 0.15) is 40.6 Å². The number of nitrogens with zero attached hydrogens (tertiary/aromatic N) is 4. The third-order valence-electron chi connectivity index (χ3n) is 8.99. The average Bonchev–Trinajstić information content (AvgIpc) is 3.13. The van der Waals surface area contributed by atoms with Crippen molar-refractivity contribution in [3.8, 4) is 34.0 Å². The lowest BCUT2D eigenvalue weighted by molar-refractivity contribution is -0.146. The fourth-order valence-corrected chi connectivity index (χ4v) is 6.87. The number of fused-ring (bicyclic) bond motifs is 2. The van der Waals surface area contributed by atoms with Crippen molar-refractivity contribution in [2.45, 2.75) is 71.5 Å². The number of halogens is 11. The molecule has 0 saturated heterocycles. The first-order chi connectivity index (χ1) is 28.6. The van der Waals surface area contributed by atoms with E-state index in [-0.39, 0.29) is 67.5 Å². The number of alkyl halides is 6. The Bertz CT molecular complexity index is 2130. The molecule has 2 aliphatic heterocycles. The Morgan fingerprint density at radius 2 is 1.16 bits per heavy atom. The second-order valence-electron chi connectivity index (χ2n) is 14.1. The van der Waals surface area contributed by atoms with Crippen molar-refractivity contribution in [2.24, 2.45) is 0 Å². The molecule has 2 aromatic heterocycles. The van der Waals surface area contributed by atoms with Gasteiger partial charge >= 0.3 is 18.3 Å². The van der Waals surface area contributed by atoms with Crippen LogP contribution in [-0.2, 0) is 17.6 Å². The number of carbonyl (C=O) groups is 1. The molecule has 0 amide bonds. The van der Waals surface area contributed by atoms with Gasteiger partial charge in [-0.3, -0.25) is 9.80 Å². The third kappa shape index (κ3) is 15.0. The predicted molar refractivity (Wildman–Crippen MR) is 212 cm³/mol. The molecular weight excluding hydrogens is 866 g/mol. The number of hydrogen-bond acceptors (Lipinski definition) is 9. The molecule has 0 saturated carbocycles. The summed E-state index contributed by atoms with van der Waals surface area (Å²) in [6.07, 6.45) is -8.17. The van der Waals surface area contributed by atoms with Crippen molar-refractivity contribution < 1.29 is 68.0 Å². The highest BCUT2D eigenvalue weighted by Gasteiger charge is 2.34. The summed E-state index contributed by atoms with van der Waals surface area (Å²) in [5.74, 6) is -3.58. The van der Waals surface area contributed by atoms with Crippen LogP contribution in [0.1, 0.15) is 55.7 Å². The minimum Gasteiger partial charge on any atom is -0.473 e. The van der Waals surface area contributed by atoms with Crippen LogP contribution in [0.5, 0.6) is 11.8 Å². The fraction of sp³-hybridized carbons (Fsp3) is 0.452. The largest absolute Gasteiger partial charge is 0.473 e. The van der Waals surface area contributed by atoms with Crippen molar-refractivity contribution in [1.29, 1.82) is 0 Å². The normalized spacial score (nSPS) is 15.7. The van der Waals surface area contributed by atoms with Gasteiger partial charge in [0.15, 0.2) is 5.69 Å². The molecule has 0 aliphatic carbocycles. The minimum absolute atomic E-state index is 0. The maximum atomic E-state index is 14.5. The molecule has 9 nitrogen and oxygen atoms in total. The van der Waals surface area contributed by atoms with Crippen molar-refractivity contribution in [2.75, 3.05) is 53.5 Å². The number of benzene rings is 2. The van der Waals surface area contributed by atoms with E-state index in [0.29, 0.717) is 47.9 Å². The number of aromatic nitrogens is 2. The van der Waals surface area contributed by atoms with Crippen LogP contribution in [0, 0.1) is 23.3 Å². The van der Waals surface area contributed by atoms with Crippen LogP contribution in [0.2, 0.25) is 5.15 Å². The van der Waals surface area contributed by atoms with Gasteiger partial charge in [-0.25, -0.2) is 32.3 Å². The molecule has 1 N–H and O–H groups in total. The molecule has 342 valence electrons. The molecule has 62 heavy (non-hydrogen) atoms. The van der Waals surface area contributed by atoms with E-state index in [4.69, 9.17) is 30.9 Å². The number of ether oxygens (including phenoxy) is 3. The standard InChI is InChI=1S/C21H21F5N2O3.C18H16ClF5N2O.C2H6O.CH4/c1-3-30-20(29)18-9-16(14-6-4-12(22)8-17(14)23)15-7-5-13(31-19(15)27-18)10-28(2)11-21(24,25)26;1-26(9-18(22,23)24)8-11-3-5-13-14(7-16(19)25-17(13)27-11)12-4-2-10(20)6-15(12)21;1-2-3;/h4,6,8-9,13H,3,5,7,10-11H2,1-2H3;2,4,6-7,11H,3,5,8-9H2,1H3;3H,2H2,1H3;1H4. The van der Waals surface area contributed by atoms with Gasteiger partial charge in [-0.2, -0.15) is 26.3 Å². The zero-order chi connectivity index (χ0) is 45.2. The maximum absolute atomic E-state index is 14.5. The number of carbonyl (C=O) groups excluding carboxylic acids is 1. The molecule has 0 bridgehead atoms. The van der Waals surface area contributed by atoms with Gasteiger partial charge in [-0.1, -0.05) is 19.0 Å². The number of esters is 1. The maximum Gasteiger partial charge on any atom is 0.401 e. The molecule has 2 atom stereocenters. The van der Waals surface area contributed by atoms with Crippen molar-refractivity contribution in [1.82, 2.24) is 19.8 Å². The zero-order valence-electron chi connectivity index (χ0n) is 33.4.